The summed E-state index contributed by atoms with van der Waals surface area (Å²) in [6, 6.07) is 4.00. The van der Waals surface area contributed by atoms with Gasteiger partial charge in [0.2, 0.25) is 5.95 Å². The summed E-state index contributed by atoms with van der Waals surface area (Å²) in [7, 11) is 4.02. The predicted molar refractivity (Wildman–Crippen MR) is 146 cm³/mol. The zero-order chi connectivity index (χ0) is 20.6. The third-order valence-electron chi connectivity index (χ3n) is 4.34. The highest BCUT2D eigenvalue weighted by atomic mass is 35.5. The Morgan fingerprint density at radius 3 is 2.39 bits per heavy atom. The third kappa shape index (κ3) is 11.0. The molecule has 13 heteroatoms. The van der Waals surface area contributed by atoms with Crippen LogP contribution in [0.25, 0.3) is 0 Å². The fraction of sp³-hybridized carbons (Fsp3) is 0.400. The summed E-state index contributed by atoms with van der Waals surface area (Å²) < 4.78 is 0. The van der Waals surface area contributed by atoms with Gasteiger partial charge >= 0.3 is 0 Å². The molecule has 3 heterocycles. The van der Waals surface area contributed by atoms with E-state index < -0.39 is 0 Å². The summed E-state index contributed by atoms with van der Waals surface area (Å²) in [6.45, 7) is 3.53. The number of hydrogen-bond acceptors (Lipinski definition) is 7. The Balaban J connectivity index is 0. The zero-order valence-electron chi connectivity index (χ0n) is 18.7. The van der Waals surface area contributed by atoms with E-state index in [9.17, 15) is 4.79 Å². The SMILES string of the molecule is Cc1[nH]cnc1CSCCNc1ncc(Cc2ccc(CN(C)C)nc2)c(=O)[nH]1.Cl.Cl.Cl.Cl. The Morgan fingerprint density at radius 2 is 1.82 bits per heavy atom. The van der Waals surface area contributed by atoms with Crippen LogP contribution in [0.15, 0.2) is 35.6 Å². The van der Waals surface area contributed by atoms with Gasteiger partial charge in [-0.25, -0.2) is 9.97 Å². The van der Waals surface area contributed by atoms with Crippen LogP contribution in [0.4, 0.5) is 5.95 Å². The van der Waals surface area contributed by atoms with Gasteiger partial charge in [-0.05, 0) is 32.6 Å². The van der Waals surface area contributed by atoms with Gasteiger partial charge in [-0.15, -0.1) is 49.6 Å². The molecule has 3 aromatic heterocycles. The first-order chi connectivity index (χ1) is 14.0. The lowest BCUT2D eigenvalue weighted by atomic mass is 10.1. The molecular formula is C20H31Cl4N7OS. The molecule has 0 aliphatic rings. The molecule has 0 aliphatic carbocycles. The van der Waals surface area contributed by atoms with Crippen molar-refractivity contribution in [2.24, 2.45) is 0 Å². The summed E-state index contributed by atoms with van der Waals surface area (Å²) in [6.07, 6.45) is 5.68. The number of thioether (sulfide) groups is 1. The van der Waals surface area contributed by atoms with Gasteiger partial charge in [0.05, 0.1) is 17.7 Å². The molecule has 0 saturated heterocycles. The Morgan fingerprint density at radius 1 is 1.06 bits per heavy atom. The lowest BCUT2D eigenvalue weighted by molar-refractivity contribution is 0.397. The molecule has 0 bridgehead atoms. The van der Waals surface area contributed by atoms with Crippen molar-refractivity contribution in [1.82, 2.24) is 29.8 Å². The smallest absolute Gasteiger partial charge is 0.255 e. The first kappa shape index (κ1) is 33.7. The molecule has 0 aromatic carbocycles. The van der Waals surface area contributed by atoms with Crippen molar-refractivity contribution in [2.45, 2.75) is 25.6 Å². The summed E-state index contributed by atoms with van der Waals surface area (Å²) in [5.74, 6) is 2.25. The minimum Gasteiger partial charge on any atom is -0.355 e. The van der Waals surface area contributed by atoms with Crippen molar-refractivity contribution in [2.75, 3.05) is 31.7 Å². The molecule has 0 amide bonds. The van der Waals surface area contributed by atoms with E-state index >= 15 is 0 Å². The number of nitrogens with zero attached hydrogens (tertiary/aromatic N) is 4. The van der Waals surface area contributed by atoms with Crippen molar-refractivity contribution in [3.63, 3.8) is 0 Å². The molecule has 0 aliphatic heterocycles. The number of aryl methyl sites for hydroxylation is 1. The van der Waals surface area contributed by atoms with E-state index in [2.05, 4.69) is 35.1 Å². The van der Waals surface area contributed by atoms with Crippen LogP contribution in [-0.2, 0) is 18.7 Å². The molecule has 33 heavy (non-hydrogen) atoms. The van der Waals surface area contributed by atoms with E-state index in [-0.39, 0.29) is 55.2 Å². The van der Waals surface area contributed by atoms with Crippen molar-refractivity contribution < 1.29 is 0 Å². The fourth-order valence-corrected chi connectivity index (χ4v) is 3.65. The summed E-state index contributed by atoms with van der Waals surface area (Å²) in [4.78, 5) is 33.4. The van der Waals surface area contributed by atoms with Gasteiger partial charge in [-0.2, -0.15) is 11.8 Å². The number of aromatic nitrogens is 5. The highest BCUT2D eigenvalue weighted by molar-refractivity contribution is 7.98. The molecule has 3 N–H and O–H groups in total. The standard InChI is InChI=1S/C20H27N7OS.4ClH/c1-14-18(25-13-24-14)12-29-7-6-21-20-23-10-16(19(28)26-20)8-15-4-5-17(22-9-15)11-27(2)3;;;;/h4-5,9-10,13H,6-8,11-12H2,1-3H3,(H,24,25)(H2,21,23,26,28);4*1H. The molecule has 3 rings (SSSR count). The number of rotatable bonds is 10. The van der Waals surface area contributed by atoms with E-state index in [1.54, 1.807) is 24.3 Å². The van der Waals surface area contributed by atoms with Gasteiger partial charge in [0, 0.05) is 54.7 Å². The molecule has 8 nitrogen and oxygen atoms in total. The summed E-state index contributed by atoms with van der Waals surface area (Å²) in [5, 5.41) is 3.16. The van der Waals surface area contributed by atoms with E-state index in [1.807, 2.05) is 39.3 Å². The van der Waals surface area contributed by atoms with Crippen LogP contribution in [0.5, 0.6) is 0 Å². The van der Waals surface area contributed by atoms with Crippen molar-refractivity contribution in [3.8, 4) is 0 Å². The molecule has 0 radical (unpaired) electrons. The van der Waals surface area contributed by atoms with Gasteiger partial charge in [-0.3, -0.25) is 14.8 Å². The van der Waals surface area contributed by atoms with Gasteiger partial charge in [0.1, 0.15) is 0 Å². The lowest BCUT2D eigenvalue weighted by Gasteiger charge is -2.09. The number of imidazole rings is 1. The monoisotopic (exact) mass is 557 g/mol. The van der Waals surface area contributed by atoms with Gasteiger partial charge in [-0.1, -0.05) is 6.07 Å². The topological polar surface area (TPSA) is 103 Å². The van der Waals surface area contributed by atoms with E-state index in [0.717, 1.165) is 40.7 Å². The second-order valence-electron chi connectivity index (χ2n) is 7.11. The van der Waals surface area contributed by atoms with Crippen LogP contribution in [-0.4, -0.2) is 56.2 Å². The van der Waals surface area contributed by atoms with Crippen LogP contribution in [0.1, 0.15) is 28.2 Å². The number of pyridine rings is 1. The molecular weight excluding hydrogens is 528 g/mol. The largest absolute Gasteiger partial charge is 0.355 e. The molecule has 3 aromatic rings. The minimum atomic E-state index is -0.125. The van der Waals surface area contributed by atoms with Crippen molar-refractivity contribution >= 4 is 67.3 Å². The lowest BCUT2D eigenvalue weighted by Crippen LogP contribution is -2.18. The minimum absolute atomic E-state index is 0. The third-order valence-corrected chi connectivity index (χ3v) is 5.31. The second-order valence-corrected chi connectivity index (χ2v) is 8.22. The first-order valence-electron chi connectivity index (χ1n) is 9.48. The average molecular weight is 559 g/mol. The molecule has 0 unspecified atom stereocenters. The van der Waals surface area contributed by atoms with Crippen LogP contribution in [0.2, 0.25) is 0 Å². The molecule has 0 fully saturated rings. The maximum absolute atomic E-state index is 12.4. The van der Waals surface area contributed by atoms with E-state index in [1.165, 1.54) is 0 Å². The van der Waals surface area contributed by atoms with Crippen LogP contribution >= 0.6 is 61.4 Å². The predicted octanol–water partition coefficient (Wildman–Crippen LogP) is 3.88. The Kier molecular flexibility index (Phi) is 17.4. The molecule has 0 saturated carbocycles. The number of hydrogen-bond donors (Lipinski definition) is 3. The highest BCUT2D eigenvalue weighted by Gasteiger charge is 2.06. The molecule has 186 valence electrons. The Labute approximate surface area is 223 Å². The maximum Gasteiger partial charge on any atom is 0.255 e. The number of H-pyrrole nitrogens is 2. The normalized spacial score (nSPS) is 9.82. The Hall–Kier alpha value is -1.49. The highest BCUT2D eigenvalue weighted by Crippen LogP contribution is 2.12. The second kappa shape index (κ2) is 17.0. The number of nitrogens with one attached hydrogen (secondary N) is 3. The van der Waals surface area contributed by atoms with Gasteiger partial charge < -0.3 is 15.2 Å². The van der Waals surface area contributed by atoms with Crippen LogP contribution in [0.3, 0.4) is 0 Å². The number of anilines is 1. The molecule has 0 spiro atoms. The van der Waals surface area contributed by atoms with Gasteiger partial charge in [0.15, 0.2) is 0 Å². The van der Waals surface area contributed by atoms with E-state index in [4.69, 9.17) is 0 Å². The average Bonchev–Trinajstić information content (AvgIpc) is 3.09. The number of halogens is 4. The quantitative estimate of drug-likeness (QED) is 0.324. The summed E-state index contributed by atoms with van der Waals surface area (Å²) >= 11 is 1.78. The van der Waals surface area contributed by atoms with Crippen molar-refractivity contribution in [3.05, 3.63) is 69.4 Å². The summed E-state index contributed by atoms with van der Waals surface area (Å²) in [5.41, 5.74) is 4.68. The van der Waals surface area contributed by atoms with Gasteiger partial charge in [0.25, 0.3) is 5.56 Å². The maximum atomic E-state index is 12.4. The molecule has 0 atom stereocenters. The zero-order valence-corrected chi connectivity index (χ0v) is 22.7. The number of aromatic amines is 2. The van der Waals surface area contributed by atoms with Crippen LogP contribution in [0, 0.1) is 6.92 Å². The van der Waals surface area contributed by atoms with Crippen LogP contribution < -0.4 is 10.9 Å². The Bertz CT molecular complexity index is 983. The first-order valence-corrected chi connectivity index (χ1v) is 10.6. The fourth-order valence-electron chi connectivity index (χ4n) is 2.78. The van der Waals surface area contributed by atoms with E-state index in [0.29, 0.717) is 24.5 Å². The van der Waals surface area contributed by atoms with Crippen molar-refractivity contribution in [1.29, 1.82) is 0 Å².